The van der Waals surface area contributed by atoms with Gasteiger partial charge < -0.3 is 10.3 Å². The molecule has 3 rings (SSSR count). The van der Waals surface area contributed by atoms with Crippen LogP contribution in [0.15, 0.2) is 40.9 Å². The summed E-state index contributed by atoms with van der Waals surface area (Å²) in [6.45, 7) is 0. The van der Waals surface area contributed by atoms with Gasteiger partial charge in [-0.15, -0.1) is 0 Å². The molecule has 3 aromatic rings. The number of benzene rings is 2. The summed E-state index contributed by atoms with van der Waals surface area (Å²) in [7, 11) is 0. The molecule has 2 N–H and O–H groups in total. The quantitative estimate of drug-likeness (QED) is 0.647. The van der Waals surface area contributed by atoms with Crippen molar-refractivity contribution >= 4 is 61.8 Å². The predicted octanol–water partition coefficient (Wildman–Crippen LogP) is 5.38. The van der Waals surface area contributed by atoms with Crippen LogP contribution in [0, 0.1) is 0 Å². The lowest BCUT2D eigenvalue weighted by Crippen LogP contribution is -1.93. The van der Waals surface area contributed by atoms with Gasteiger partial charge in [0.25, 0.3) is 0 Å². The SMILES string of the molecule is Clc1cccc(Cl)c1Nc1nc2ccc(Br)cc2[nH]1. The van der Waals surface area contributed by atoms with Gasteiger partial charge in [-0.2, -0.15) is 0 Å². The second-order valence-electron chi connectivity index (χ2n) is 3.97. The largest absolute Gasteiger partial charge is 0.324 e. The van der Waals surface area contributed by atoms with Gasteiger partial charge in [-0.1, -0.05) is 45.2 Å². The fraction of sp³-hybridized carbons (Fsp3) is 0. The van der Waals surface area contributed by atoms with E-state index in [-0.39, 0.29) is 0 Å². The molecule has 3 nitrogen and oxygen atoms in total. The molecule has 0 aliphatic heterocycles. The third kappa shape index (κ3) is 2.56. The van der Waals surface area contributed by atoms with Gasteiger partial charge in [0.05, 0.1) is 26.8 Å². The first-order chi connectivity index (χ1) is 9.13. The number of aromatic nitrogens is 2. The Morgan fingerprint density at radius 2 is 1.84 bits per heavy atom. The molecule has 0 bridgehead atoms. The second-order valence-corrected chi connectivity index (χ2v) is 5.70. The van der Waals surface area contributed by atoms with Gasteiger partial charge >= 0.3 is 0 Å². The Morgan fingerprint density at radius 3 is 2.58 bits per heavy atom. The molecule has 1 aromatic heterocycles. The zero-order valence-electron chi connectivity index (χ0n) is 9.55. The number of halogens is 3. The molecule has 0 radical (unpaired) electrons. The van der Waals surface area contributed by atoms with E-state index in [2.05, 4.69) is 31.2 Å². The topological polar surface area (TPSA) is 40.7 Å². The summed E-state index contributed by atoms with van der Waals surface area (Å²) >= 11 is 15.6. The molecular weight excluding hydrogens is 349 g/mol. The van der Waals surface area contributed by atoms with Crippen LogP contribution in [-0.4, -0.2) is 9.97 Å². The predicted molar refractivity (Wildman–Crippen MR) is 83.5 cm³/mol. The van der Waals surface area contributed by atoms with E-state index in [9.17, 15) is 0 Å². The Labute approximate surface area is 128 Å². The lowest BCUT2D eigenvalue weighted by Gasteiger charge is -2.06. The van der Waals surface area contributed by atoms with Crippen LogP contribution < -0.4 is 5.32 Å². The summed E-state index contributed by atoms with van der Waals surface area (Å²) in [5, 5.41) is 4.20. The molecule has 6 heteroatoms. The number of aromatic amines is 1. The number of para-hydroxylation sites is 1. The number of nitrogens with one attached hydrogen (secondary N) is 2. The minimum absolute atomic E-state index is 0.550. The number of fused-ring (bicyclic) bond motifs is 1. The number of hydrogen-bond donors (Lipinski definition) is 2. The Kier molecular flexibility index (Phi) is 3.39. The molecule has 0 unspecified atom stereocenters. The summed E-state index contributed by atoms with van der Waals surface area (Å²) in [6.07, 6.45) is 0. The molecule has 0 saturated heterocycles. The molecule has 1 heterocycles. The van der Waals surface area contributed by atoms with Crippen molar-refractivity contribution < 1.29 is 0 Å². The summed E-state index contributed by atoms with van der Waals surface area (Å²) < 4.78 is 0.992. The number of nitrogens with zero attached hydrogens (tertiary/aromatic N) is 1. The highest BCUT2D eigenvalue weighted by atomic mass is 79.9. The number of imidazole rings is 1. The maximum Gasteiger partial charge on any atom is 0.205 e. The summed E-state index contributed by atoms with van der Waals surface area (Å²) in [4.78, 5) is 7.60. The number of H-pyrrole nitrogens is 1. The van der Waals surface area contributed by atoms with E-state index in [0.717, 1.165) is 15.5 Å². The van der Waals surface area contributed by atoms with E-state index in [1.165, 1.54) is 0 Å². The lowest BCUT2D eigenvalue weighted by atomic mass is 10.3. The van der Waals surface area contributed by atoms with Crippen LogP contribution in [-0.2, 0) is 0 Å². The first-order valence-corrected chi connectivity index (χ1v) is 7.05. The van der Waals surface area contributed by atoms with Crippen LogP contribution in [0.5, 0.6) is 0 Å². The highest BCUT2D eigenvalue weighted by molar-refractivity contribution is 9.10. The first-order valence-electron chi connectivity index (χ1n) is 5.50. The second kappa shape index (κ2) is 5.04. The molecule has 0 fully saturated rings. The van der Waals surface area contributed by atoms with E-state index in [1.54, 1.807) is 18.2 Å². The van der Waals surface area contributed by atoms with Crippen molar-refractivity contribution in [1.82, 2.24) is 9.97 Å². The summed E-state index contributed by atoms with van der Waals surface area (Å²) in [5.41, 5.74) is 2.44. The molecule has 96 valence electrons. The van der Waals surface area contributed by atoms with E-state index < -0.39 is 0 Å². The maximum absolute atomic E-state index is 6.11. The number of rotatable bonds is 2. The molecule has 19 heavy (non-hydrogen) atoms. The molecule has 0 amide bonds. The molecule has 0 spiro atoms. The van der Waals surface area contributed by atoms with Crippen molar-refractivity contribution in [1.29, 1.82) is 0 Å². The normalized spacial score (nSPS) is 10.9. The molecule has 0 atom stereocenters. The summed E-state index contributed by atoms with van der Waals surface area (Å²) in [6, 6.07) is 11.2. The molecule has 2 aromatic carbocycles. The minimum atomic E-state index is 0.550. The Bertz CT molecular complexity index is 734. The average molecular weight is 357 g/mol. The van der Waals surface area contributed by atoms with Gasteiger partial charge in [0, 0.05) is 4.47 Å². The van der Waals surface area contributed by atoms with Crippen LogP contribution in [0.1, 0.15) is 0 Å². The van der Waals surface area contributed by atoms with Gasteiger partial charge in [-0.3, -0.25) is 0 Å². The van der Waals surface area contributed by atoms with Crippen LogP contribution in [0.4, 0.5) is 11.6 Å². The van der Waals surface area contributed by atoms with Gasteiger partial charge in [-0.05, 0) is 30.3 Å². The average Bonchev–Trinajstić information content (AvgIpc) is 2.75. The first kappa shape index (κ1) is 12.8. The van der Waals surface area contributed by atoms with E-state index in [1.807, 2.05) is 18.2 Å². The smallest absolute Gasteiger partial charge is 0.205 e. The fourth-order valence-electron chi connectivity index (χ4n) is 1.78. The van der Waals surface area contributed by atoms with Crippen molar-refractivity contribution in [2.24, 2.45) is 0 Å². The van der Waals surface area contributed by atoms with Crippen LogP contribution >= 0.6 is 39.1 Å². The van der Waals surface area contributed by atoms with E-state index in [4.69, 9.17) is 23.2 Å². The Morgan fingerprint density at radius 1 is 1.11 bits per heavy atom. The van der Waals surface area contributed by atoms with Crippen molar-refractivity contribution in [2.45, 2.75) is 0 Å². The van der Waals surface area contributed by atoms with E-state index >= 15 is 0 Å². The van der Waals surface area contributed by atoms with E-state index in [0.29, 0.717) is 21.7 Å². The van der Waals surface area contributed by atoms with Gasteiger partial charge in [-0.25, -0.2) is 4.98 Å². The Hall–Kier alpha value is -1.23. The Balaban J connectivity index is 2.01. The molecule has 0 aliphatic rings. The standard InChI is InChI=1S/C13H8BrCl2N3/c14-7-4-5-10-11(6-7)18-13(17-10)19-12-8(15)2-1-3-9(12)16/h1-6H,(H2,17,18,19). The maximum atomic E-state index is 6.11. The lowest BCUT2D eigenvalue weighted by molar-refractivity contribution is 1.31. The molecule has 0 saturated carbocycles. The van der Waals surface area contributed by atoms with Crippen molar-refractivity contribution in [3.8, 4) is 0 Å². The number of anilines is 2. The minimum Gasteiger partial charge on any atom is -0.324 e. The molecule has 0 aliphatic carbocycles. The van der Waals surface area contributed by atoms with Crippen LogP contribution in [0.3, 0.4) is 0 Å². The highest BCUT2D eigenvalue weighted by Gasteiger charge is 2.08. The van der Waals surface area contributed by atoms with Gasteiger partial charge in [0.2, 0.25) is 5.95 Å². The highest BCUT2D eigenvalue weighted by Crippen LogP contribution is 2.32. The van der Waals surface area contributed by atoms with Gasteiger partial charge in [0.15, 0.2) is 0 Å². The van der Waals surface area contributed by atoms with Crippen LogP contribution in [0.2, 0.25) is 10.0 Å². The number of hydrogen-bond acceptors (Lipinski definition) is 2. The third-order valence-electron chi connectivity index (χ3n) is 2.65. The zero-order valence-corrected chi connectivity index (χ0v) is 12.6. The monoisotopic (exact) mass is 355 g/mol. The fourth-order valence-corrected chi connectivity index (χ4v) is 2.63. The van der Waals surface area contributed by atoms with Crippen molar-refractivity contribution in [2.75, 3.05) is 5.32 Å². The molecular formula is C13H8BrCl2N3. The summed E-state index contributed by atoms with van der Waals surface area (Å²) in [5.74, 6) is 0.600. The van der Waals surface area contributed by atoms with Gasteiger partial charge in [0.1, 0.15) is 0 Å². The van der Waals surface area contributed by atoms with Crippen molar-refractivity contribution in [3.63, 3.8) is 0 Å². The third-order valence-corrected chi connectivity index (χ3v) is 3.77. The van der Waals surface area contributed by atoms with Crippen molar-refractivity contribution in [3.05, 3.63) is 50.9 Å². The van der Waals surface area contributed by atoms with Crippen LogP contribution in [0.25, 0.3) is 11.0 Å². The zero-order chi connectivity index (χ0) is 13.4.